The van der Waals surface area contributed by atoms with E-state index in [0.29, 0.717) is 54.9 Å². The number of furan rings is 1. The van der Waals surface area contributed by atoms with Gasteiger partial charge in [-0.05, 0) is 84.2 Å². The number of hydrogen-bond acceptors (Lipinski definition) is 1. The molecule has 0 amide bonds. The lowest BCUT2D eigenvalue weighted by molar-refractivity contribution is 0.669. The van der Waals surface area contributed by atoms with Crippen molar-refractivity contribution < 1.29 is 18.1 Å². The number of para-hydroxylation sites is 1. The van der Waals surface area contributed by atoms with Gasteiger partial charge in [-0.2, -0.15) is 0 Å². The number of rotatable bonds is 4. The third-order valence-corrected chi connectivity index (χ3v) is 8.25. The fraction of sp³-hybridized carbons (Fsp3) is 0. The maximum absolute atomic E-state index is 9.84. The first-order chi connectivity index (χ1) is 26.5. The standard InChI is InChI=1S/C44H28O/c1-3-13-29(14-4-1)30-23-25-32(26-24-30)43-34-18-7-9-20-36(34)44(37-21-10-8-19-35(37)43)40-28-42-39(33-17-11-12-22-41(33)45-42)27-38(40)31-15-5-2-6-16-31/h1-28H/i11D,12D,17D,22D,23D,24D,25D,26D,27D,28D. The molecule has 0 aliphatic carbocycles. The fourth-order valence-electron chi connectivity index (χ4n) is 6.25. The van der Waals surface area contributed by atoms with Gasteiger partial charge >= 0.3 is 0 Å². The molecule has 0 radical (unpaired) electrons. The third kappa shape index (κ3) is 4.17. The first kappa shape index (κ1) is 17.4. The summed E-state index contributed by atoms with van der Waals surface area (Å²) in [6.07, 6.45) is 0. The molecule has 0 fully saturated rings. The highest BCUT2D eigenvalue weighted by Gasteiger charge is 2.21. The molecule has 0 atom stereocenters. The highest BCUT2D eigenvalue weighted by Crippen LogP contribution is 2.48. The topological polar surface area (TPSA) is 13.1 Å². The summed E-state index contributed by atoms with van der Waals surface area (Å²) in [4.78, 5) is 0. The lowest BCUT2D eigenvalue weighted by Gasteiger charge is -2.20. The van der Waals surface area contributed by atoms with E-state index in [-0.39, 0.29) is 75.4 Å². The average molecular weight is 583 g/mol. The van der Waals surface area contributed by atoms with Crippen LogP contribution < -0.4 is 0 Å². The van der Waals surface area contributed by atoms with Crippen LogP contribution in [0.2, 0.25) is 0 Å². The molecular formula is C44H28O. The lowest BCUT2D eigenvalue weighted by Crippen LogP contribution is -1.93. The lowest BCUT2D eigenvalue weighted by atomic mass is 9.83. The van der Waals surface area contributed by atoms with Gasteiger partial charge in [-0.1, -0.05) is 151 Å². The molecule has 0 spiro atoms. The molecule has 9 aromatic rings. The monoisotopic (exact) mass is 582 g/mol. The van der Waals surface area contributed by atoms with E-state index in [4.69, 9.17) is 12.6 Å². The Morgan fingerprint density at radius 3 is 1.53 bits per heavy atom. The van der Waals surface area contributed by atoms with E-state index >= 15 is 0 Å². The van der Waals surface area contributed by atoms with Gasteiger partial charge in [0.25, 0.3) is 0 Å². The van der Waals surface area contributed by atoms with E-state index in [9.17, 15) is 5.48 Å². The van der Waals surface area contributed by atoms with Crippen LogP contribution in [-0.2, 0) is 0 Å². The molecule has 1 nitrogen and oxygen atoms in total. The Labute approximate surface area is 275 Å². The van der Waals surface area contributed by atoms with Gasteiger partial charge in [0.1, 0.15) is 11.2 Å². The van der Waals surface area contributed by atoms with Crippen LogP contribution >= 0.6 is 0 Å². The van der Waals surface area contributed by atoms with Gasteiger partial charge in [0.05, 0.1) is 13.7 Å². The second-order valence-electron chi connectivity index (χ2n) is 10.8. The molecule has 0 bridgehead atoms. The molecule has 1 aromatic heterocycles. The van der Waals surface area contributed by atoms with E-state index in [1.165, 1.54) is 0 Å². The maximum Gasteiger partial charge on any atom is 0.136 e. The van der Waals surface area contributed by atoms with Gasteiger partial charge in [-0.25, -0.2) is 0 Å². The Balaban J connectivity index is 1.47. The van der Waals surface area contributed by atoms with E-state index in [1.54, 1.807) is 24.3 Å². The highest BCUT2D eigenvalue weighted by molar-refractivity contribution is 6.23. The predicted octanol–water partition coefficient (Wildman–Crippen LogP) is 12.6. The summed E-state index contributed by atoms with van der Waals surface area (Å²) >= 11 is 0. The quantitative estimate of drug-likeness (QED) is 0.188. The van der Waals surface area contributed by atoms with Crippen molar-refractivity contribution in [3.63, 3.8) is 0 Å². The Morgan fingerprint density at radius 1 is 0.356 bits per heavy atom. The molecular weight excluding hydrogens is 544 g/mol. The van der Waals surface area contributed by atoms with Crippen molar-refractivity contribution in [1.29, 1.82) is 0 Å². The van der Waals surface area contributed by atoms with E-state index in [1.807, 2.05) is 84.9 Å². The maximum atomic E-state index is 9.84. The molecule has 9 rings (SSSR count). The van der Waals surface area contributed by atoms with Crippen molar-refractivity contribution in [3.05, 3.63) is 170 Å². The smallest absolute Gasteiger partial charge is 0.136 e. The van der Waals surface area contributed by atoms with Gasteiger partial charge in [-0.3, -0.25) is 0 Å². The first-order valence-electron chi connectivity index (χ1n) is 19.6. The molecule has 0 aliphatic heterocycles. The van der Waals surface area contributed by atoms with Crippen LogP contribution in [0.15, 0.2) is 174 Å². The van der Waals surface area contributed by atoms with Crippen molar-refractivity contribution in [2.45, 2.75) is 0 Å². The highest BCUT2D eigenvalue weighted by atomic mass is 16.3. The van der Waals surface area contributed by atoms with Gasteiger partial charge < -0.3 is 4.42 Å². The van der Waals surface area contributed by atoms with Gasteiger partial charge in [0.15, 0.2) is 0 Å². The molecule has 0 saturated carbocycles. The Bertz CT molecular complexity index is 3000. The molecule has 0 unspecified atom stereocenters. The minimum atomic E-state index is -0.475. The molecule has 0 aliphatic rings. The minimum Gasteiger partial charge on any atom is -0.456 e. The van der Waals surface area contributed by atoms with Crippen LogP contribution in [0.1, 0.15) is 13.7 Å². The van der Waals surface area contributed by atoms with E-state index < -0.39 is 18.1 Å². The van der Waals surface area contributed by atoms with Crippen molar-refractivity contribution in [3.8, 4) is 44.5 Å². The second-order valence-corrected chi connectivity index (χ2v) is 10.8. The molecule has 1 heteroatoms. The minimum absolute atomic E-state index is 0.0376. The molecule has 45 heavy (non-hydrogen) atoms. The van der Waals surface area contributed by atoms with Crippen LogP contribution in [0.3, 0.4) is 0 Å². The SMILES string of the molecule is [2H]c1c([2H])c(-c2c3ccccc3c(-c3c(-c4ccccc4)c([2H])c4c(oc5c([2H])c([2H])c([2H])c([2H])c54)c3[2H])c3ccccc23)c([2H])c([2H])c1-c1ccccc1. The zero-order valence-corrected chi connectivity index (χ0v) is 23.8. The predicted molar refractivity (Wildman–Crippen MR) is 190 cm³/mol. The van der Waals surface area contributed by atoms with E-state index in [0.717, 1.165) is 0 Å². The van der Waals surface area contributed by atoms with Crippen LogP contribution in [0.25, 0.3) is 88.0 Å². The molecule has 0 N–H and O–H groups in total. The first-order valence-corrected chi connectivity index (χ1v) is 14.6. The molecule has 0 saturated heterocycles. The summed E-state index contributed by atoms with van der Waals surface area (Å²) in [7, 11) is 0. The third-order valence-electron chi connectivity index (χ3n) is 8.25. The van der Waals surface area contributed by atoms with Gasteiger partial charge in [0, 0.05) is 10.8 Å². The van der Waals surface area contributed by atoms with Crippen LogP contribution in [0.5, 0.6) is 0 Å². The van der Waals surface area contributed by atoms with Crippen molar-refractivity contribution in [1.82, 2.24) is 0 Å². The second kappa shape index (κ2) is 10.4. The zero-order chi connectivity index (χ0) is 38.4. The largest absolute Gasteiger partial charge is 0.456 e. The summed E-state index contributed by atoms with van der Waals surface area (Å²) in [6.45, 7) is 0. The van der Waals surface area contributed by atoms with Crippen molar-refractivity contribution >= 4 is 43.5 Å². The molecule has 8 aromatic carbocycles. The molecule has 1 heterocycles. The Kier molecular flexibility index (Phi) is 4.01. The van der Waals surface area contributed by atoms with Crippen LogP contribution in [0.4, 0.5) is 0 Å². The van der Waals surface area contributed by atoms with Crippen LogP contribution in [0, 0.1) is 0 Å². The summed E-state index contributed by atoms with van der Waals surface area (Å²) in [5.74, 6) is 0. The summed E-state index contributed by atoms with van der Waals surface area (Å²) in [5.41, 5.74) is 3.14. The normalized spacial score (nSPS) is 14.7. The summed E-state index contributed by atoms with van der Waals surface area (Å²) in [6, 6.07) is 30.3. The number of fused-ring (bicyclic) bond motifs is 5. The Hall–Kier alpha value is -5.92. The van der Waals surface area contributed by atoms with Gasteiger partial charge in [-0.15, -0.1) is 0 Å². The summed E-state index contributed by atoms with van der Waals surface area (Å²) < 4.78 is 96.7. The van der Waals surface area contributed by atoms with Crippen molar-refractivity contribution in [2.75, 3.05) is 0 Å². The number of benzene rings is 8. The average Bonchev–Trinajstić information content (AvgIpc) is 3.62. The zero-order valence-electron chi connectivity index (χ0n) is 33.8. The summed E-state index contributed by atoms with van der Waals surface area (Å²) in [5, 5.41) is 2.63. The molecule has 210 valence electrons. The van der Waals surface area contributed by atoms with Crippen molar-refractivity contribution in [2.24, 2.45) is 0 Å². The number of hydrogen-bond donors (Lipinski definition) is 0. The Morgan fingerprint density at radius 2 is 0.889 bits per heavy atom. The van der Waals surface area contributed by atoms with E-state index in [2.05, 4.69) is 0 Å². The van der Waals surface area contributed by atoms with Gasteiger partial charge in [0.2, 0.25) is 0 Å². The fourth-order valence-corrected chi connectivity index (χ4v) is 6.25. The van der Waals surface area contributed by atoms with Crippen LogP contribution in [-0.4, -0.2) is 0 Å².